The number of carbonyl (C=O) groups is 1. The summed E-state index contributed by atoms with van der Waals surface area (Å²) in [5.74, 6) is 1.48. The van der Waals surface area contributed by atoms with Crippen molar-refractivity contribution in [3.8, 4) is 11.5 Å². The van der Waals surface area contributed by atoms with Crippen molar-refractivity contribution in [2.75, 3.05) is 6.61 Å². The van der Waals surface area contributed by atoms with Crippen molar-refractivity contribution >= 4 is 5.91 Å². The Kier molecular flexibility index (Phi) is 6.38. The number of fused-ring (bicyclic) bond motifs is 1. The highest BCUT2D eigenvalue weighted by Gasteiger charge is 2.18. The fourth-order valence-corrected chi connectivity index (χ4v) is 3.38. The van der Waals surface area contributed by atoms with Gasteiger partial charge in [0.1, 0.15) is 18.1 Å². The van der Waals surface area contributed by atoms with Gasteiger partial charge in [0.25, 0.3) is 5.91 Å². The highest BCUT2D eigenvalue weighted by molar-refractivity contribution is 5.81. The van der Waals surface area contributed by atoms with E-state index in [1.54, 1.807) is 6.92 Å². The molecule has 1 amide bonds. The van der Waals surface area contributed by atoms with Crippen LogP contribution in [0.3, 0.4) is 0 Å². The van der Waals surface area contributed by atoms with Crippen molar-refractivity contribution in [3.05, 3.63) is 59.2 Å². The van der Waals surface area contributed by atoms with Crippen molar-refractivity contribution in [1.29, 1.82) is 0 Å². The van der Waals surface area contributed by atoms with Gasteiger partial charge in [-0.15, -0.1) is 0 Å². The van der Waals surface area contributed by atoms with Gasteiger partial charge in [0.05, 0.1) is 6.04 Å². The molecule has 0 aliphatic heterocycles. The smallest absolute Gasteiger partial charge is 0.261 e. The van der Waals surface area contributed by atoms with Crippen LogP contribution in [0.2, 0.25) is 0 Å². The largest absolute Gasteiger partial charge is 0.491 e. The molecule has 0 spiro atoms. The van der Waals surface area contributed by atoms with Gasteiger partial charge in [-0.05, 0) is 81.3 Å². The molecule has 0 saturated heterocycles. The molecule has 0 aromatic heterocycles. The molecule has 0 bridgehead atoms. The highest BCUT2D eigenvalue weighted by atomic mass is 16.5. The molecule has 1 N–H and O–H groups in total. The molecule has 0 radical (unpaired) electrons. The first-order valence-electron chi connectivity index (χ1n) is 9.80. The standard InChI is InChI=1S/C23H29NO3/c1-16-8-4-7-11-22(16)26-15-17(2)24-23(25)18(3)27-21-13-12-19-9-5-6-10-20(19)14-21/h4,7-8,11-14,17-18H,5-6,9-10,15H2,1-3H3,(H,24,25). The van der Waals surface area contributed by atoms with E-state index in [1.807, 2.05) is 44.2 Å². The fourth-order valence-electron chi connectivity index (χ4n) is 3.38. The summed E-state index contributed by atoms with van der Waals surface area (Å²) < 4.78 is 11.7. The average Bonchev–Trinajstić information content (AvgIpc) is 2.67. The van der Waals surface area contributed by atoms with Crippen LogP contribution in [0, 0.1) is 6.92 Å². The Balaban J connectivity index is 1.49. The van der Waals surface area contributed by atoms with E-state index in [0.29, 0.717) is 6.61 Å². The van der Waals surface area contributed by atoms with Crippen molar-refractivity contribution in [2.24, 2.45) is 0 Å². The molecule has 27 heavy (non-hydrogen) atoms. The third kappa shape index (κ3) is 5.25. The van der Waals surface area contributed by atoms with Crippen molar-refractivity contribution in [3.63, 3.8) is 0 Å². The summed E-state index contributed by atoms with van der Waals surface area (Å²) in [6.07, 6.45) is 4.18. The van der Waals surface area contributed by atoms with Crippen molar-refractivity contribution < 1.29 is 14.3 Å². The summed E-state index contributed by atoms with van der Waals surface area (Å²) in [5.41, 5.74) is 3.85. The molecule has 1 aliphatic carbocycles. The lowest BCUT2D eigenvalue weighted by molar-refractivity contribution is -0.128. The molecule has 1 aliphatic rings. The van der Waals surface area contributed by atoms with Crippen molar-refractivity contribution in [1.82, 2.24) is 5.32 Å². The number of para-hydroxylation sites is 1. The monoisotopic (exact) mass is 367 g/mol. The van der Waals surface area contributed by atoms with Gasteiger partial charge in [-0.1, -0.05) is 24.3 Å². The second-order valence-corrected chi connectivity index (χ2v) is 7.38. The maximum Gasteiger partial charge on any atom is 0.261 e. The Morgan fingerprint density at radius 3 is 2.59 bits per heavy atom. The Labute approximate surface area is 161 Å². The van der Waals surface area contributed by atoms with Crippen LogP contribution in [-0.2, 0) is 17.6 Å². The number of hydrogen-bond acceptors (Lipinski definition) is 3. The quantitative estimate of drug-likeness (QED) is 0.797. The number of benzene rings is 2. The van der Waals surface area contributed by atoms with Crippen LogP contribution in [0.1, 0.15) is 43.4 Å². The third-order valence-corrected chi connectivity index (χ3v) is 4.97. The predicted molar refractivity (Wildman–Crippen MR) is 107 cm³/mol. The van der Waals surface area contributed by atoms with E-state index >= 15 is 0 Å². The zero-order chi connectivity index (χ0) is 19.2. The predicted octanol–water partition coefficient (Wildman–Crippen LogP) is 4.22. The molecule has 2 aromatic carbocycles. The Bertz CT molecular complexity index is 787. The van der Waals surface area contributed by atoms with E-state index in [2.05, 4.69) is 17.4 Å². The molecule has 0 saturated carbocycles. The highest BCUT2D eigenvalue weighted by Crippen LogP contribution is 2.26. The average molecular weight is 367 g/mol. The summed E-state index contributed by atoms with van der Waals surface area (Å²) in [5, 5.41) is 2.96. The number of rotatable bonds is 7. The van der Waals surface area contributed by atoms with Crippen LogP contribution in [0.25, 0.3) is 0 Å². The molecule has 4 heteroatoms. The molecule has 2 aromatic rings. The zero-order valence-electron chi connectivity index (χ0n) is 16.5. The van der Waals surface area contributed by atoms with Crippen LogP contribution in [-0.4, -0.2) is 24.7 Å². The second kappa shape index (κ2) is 8.94. The maximum absolute atomic E-state index is 12.4. The molecule has 2 unspecified atom stereocenters. The molecule has 144 valence electrons. The Morgan fingerprint density at radius 1 is 1.07 bits per heavy atom. The van der Waals surface area contributed by atoms with Gasteiger partial charge < -0.3 is 14.8 Å². The van der Waals surface area contributed by atoms with Gasteiger partial charge >= 0.3 is 0 Å². The fraction of sp³-hybridized carbons (Fsp3) is 0.435. The first kappa shape index (κ1) is 19.3. The van der Waals surface area contributed by atoms with Crippen LogP contribution in [0.4, 0.5) is 0 Å². The number of carbonyl (C=O) groups excluding carboxylic acids is 1. The lowest BCUT2D eigenvalue weighted by Crippen LogP contribution is -2.43. The number of amides is 1. The number of ether oxygens (including phenoxy) is 2. The van der Waals surface area contributed by atoms with E-state index in [-0.39, 0.29) is 11.9 Å². The molecular formula is C23H29NO3. The minimum atomic E-state index is -0.549. The number of nitrogens with one attached hydrogen (secondary N) is 1. The third-order valence-electron chi connectivity index (χ3n) is 4.97. The Morgan fingerprint density at radius 2 is 1.81 bits per heavy atom. The van der Waals surface area contributed by atoms with Gasteiger partial charge in [-0.25, -0.2) is 0 Å². The lowest BCUT2D eigenvalue weighted by Gasteiger charge is -2.21. The van der Waals surface area contributed by atoms with E-state index in [1.165, 1.54) is 24.0 Å². The maximum atomic E-state index is 12.4. The SMILES string of the molecule is Cc1ccccc1OCC(C)NC(=O)C(C)Oc1ccc2c(c1)CCCC2. The first-order valence-corrected chi connectivity index (χ1v) is 9.80. The first-order chi connectivity index (χ1) is 13.0. The lowest BCUT2D eigenvalue weighted by atomic mass is 9.92. The second-order valence-electron chi connectivity index (χ2n) is 7.38. The van der Waals surface area contributed by atoms with Gasteiger partial charge in [-0.2, -0.15) is 0 Å². The molecular weight excluding hydrogens is 338 g/mol. The molecule has 2 atom stereocenters. The minimum Gasteiger partial charge on any atom is -0.491 e. The van der Waals surface area contributed by atoms with E-state index in [0.717, 1.165) is 29.9 Å². The minimum absolute atomic E-state index is 0.105. The summed E-state index contributed by atoms with van der Waals surface area (Å²) in [7, 11) is 0. The summed E-state index contributed by atoms with van der Waals surface area (Å²) in [4.78, 5) is 12.4. The normalized spacial score (nSPS) is 15.4. The number of hydrogen-bond donors (Lipinski definition) is 1. The molecule has 4 nitrogen and oxygen atoms in total. The Hall–Kier alpha value is -2.49. The summed E-state index contributed by atoms with van der Waals surface area (Å²) >= 11 is 0. The van der Waals surface area contributed by atoms with Gasteiger partial charge in [0.2, 0.25) is 0 Å². The van der Waals surface area contributed by atoms with Crippen LogP contribution < -0.4 is 14.8 Å². The topological polar surface area (TPSA) is 47.6 Å². The van der Waals surface area contributed by atoms with Gasteiger partial charge in [0, 0.05) is 0 Å². The molecule has 0 heterocycles. The molecule has 3 rings (SSSR count). The van der Waals surface area contributed by atoms with Gasteiger partial charge in [0.15, 0.2) is 6.10 Å². The van der Waals surface area contributed by atoms with Crippen molar-refractivity contribution in [2.45, 2.75) is 58.6 Å². The summed E-state index contributed by atoms with van der Waals surface area (Å²) in [6, 6.07) is 14.0. The molecule has 0 fully saturated rings. The van der Waals surface area contributed by atoms with Crippen LogP contribution in [0.15, 0.2) is 42.5 Å². The van der Waals surface area contributed by atoms with E-state index in [4.69, 9.17) is 9.47 Å². The summed E-state index contributed by atoms with van der Waals surface area (Å²) in [6.45, 7) is 6.14. The van der Waals surface area contributed by atoms with Gasteiger partial charge in [-0.3, -0.25) is 4.79 Å². The van der Waals surface area contributed by atoms with E-state index < -0.39 is 6.10 Å². The number of aryl methyl sites for hydroxylation is 3. The van der Waals surface area contributed by atoms with Crippen LogP contribution >= 0.6 is 0 Å². The zero-order valence-corrected chi connectivity index (χ0v) is 16.5. The van der Waals surface area contributed by atoms with E-state index in [9.17, 15) is 4.79 Å². The van der Waals surface area contributed by atoms with Crippen LogP contribution in [0.5, 0.6) is 11.5 Å².